The van der Waals surface area contributed by atoms with Gasteiger partial charge in [0.25, 0.3) is 0 Å². The quantitative estimate of drug-likeness (QED) is 0.813. The summed E-state index contributed by atoms with van der Waals surface area (Å²) < 4.78 is 5.08. The van der Waals surface area contributed by atoms with Crippen molar-refractivity contribution in [3.8, 4) is 0 Å². The Bertz CT molecular complexity index is 715. The number of carbonyl (C=O) groups excluding carboxylic acids is 1. The SMILES string of the molecule is CCOC(=O)[C@@H]1CN(CCc2c[nH]c3ccc(Cl)cc23)CC[C@@H]1O. The number of likely N-dealkylation sites (tertiary alicyclic amines) is 1. The van der Waals surface area contributed by atoms with E-state index >= 15 is 0 Å². The lowest BCUT2D eigenvalue weighted by atomic mass is 9.94. The molecule has 24 heavy (non-hydrogen) atoms. The topological polar surface area (TPSA) is 65.6 Å². The van der Waals surface area contributed by atoms with E-state index in [0.29, 0.717) is 19.6 Å². The number of nitrogens with zero attached hydrogens (tertiary/aromatic N) is 1. The molecule has 1 aliphatic heterocycles. The highest BCUT2D eigenvalue weighted by Crippen LogP contribution is 2.24. The Balaban J connectivity index is 1.63. The van der Waals surface area contributed by atoms with Crippen LogP contribution in [0.3, 0.4) is 0 Å². The number of aromatic nitrogens is 1. The van der Waals surface area contributed by atoms with Crippen molar-refractivity contribution in [1.82, 2.24) is 9.88 Å². The van der Waals surface area contributed by atoms with Gasteiger partial charge in [0, 0.05) is 41.8 Å². The highest BCUT2D eigenvalue weighted by molar-refractivity contribution is 6.31. The zero-order valence-corrected chi connectivity index (χ0v) is 14.6. The highest BCUT2D eigenvalue weighted by atomic mass is 35.5. The maximum atomic E-state index is 12.0. The molecule has 5 nitrogen and oxygen atoms in total. The molecule has 2 atom stereocenters. The van der Waals surface area contributed by atoms with Crippen LogP contribution in [0.5, 0.6) is 0 Å². The van der Waals surface area contributed by atoms with Gasteiger partial charge in [0.1, 0.15) is 0 Å². The van der Waals surface area contributed by atoms with Gasteiger partial charge in [-0.25, -0.2) is 0 Å². The van der Waals surface area contributed by atoms with Crippen LogP contribution in [0.25, 0.3) is 10.9 Å². The summed E-state index contributed by atoms with van der Waals surface area (Å²) in [6.45, 7) is 4.30. The van der Waals surface area contributed by atoms with E-state index in [4.69, 9.17) is 16.3 Å². The Morgan fingerprint density at radius 1 is 1.50 bits per heavy atom. The Kier molecular flexibility index (Phi) is 5.43. The van der Waals surface area contributed by atoms with Crippen molar-refractivity contribution in [1.29, 1.82) is 0 Å². The van der Waals surface area contributed by atoms with Crippen LogP contribution in [-0.4, -0.2) is 53.3 Å². The number of aliphatic hydroxyl groups is 1. The fourth-order valence-corrected chi connectivity index (χ4v) is 3.50. The van der Waals surface area contributed by atoms with Gasteiger partial charge < -0.3 is 19.7 Å². The summed E-state index contributed by atoms with van der Waals surface area (Å²) in [5.74, 6) is -0.746. The third kappa shape index (κ3) is 3.74. The zero-order chi connectivity index (χ0) is 17.1. The van der Waals surface area contributed by atoms with Crippen LogP contribution in [0, 0.1) is 5.92 Å². The van der Waals surface area contributed by atoms with Gasteiger partial charge in [0.15, 0.2) is 0 Å². The highest BCUT2D eigenvalue weighted by Gasteiger charge is 2.34. The van der Waals surface area contributed by atoms with Crippen LogP contribution in [0.2, 0.25) is 5.02 Å². The molecule has 0 bridgehead atoms. The normalized spacial score (nSPS) is 22.0. The molecular formula is C18H23ClN2O3. The number of esters is 1. The third-order valence-corrected chi connectivity index (χ3v) is 4.91. The first-order valence-corrected chi connectivity index (χ1v) is 8.79. The molecule has 1 aromatic carbocycles. The Morgan fingerprint density at radius 3 is 3.12 bits per heavy atom. The number of carbonyl (C=O) groups is 1. The predicted molar refractivity (Wildman–Crippen MR) is 94.2 cm³/mol. The zero-order valence-electron chi connectivity index (χ0n) is 13.8. The minimum absolute atomic E-state index is 0.298. The fourth-order valence-electron chi connectivity index (χ4n) is 3.33. The summed E-state index contributed by atoms with van der Waals surface area (Å²) in [7, 11) is 0. The van der Waals surface area contributed by atoms with E-state index in [1.54, 1.807) is 6.92 Å². The number of aromatic amines is 1. The molecule has 0 spiro atoms. The van der Waals surface area contributed by atoms with Gasteiger partial charge in [-0.15, -0.1) is 0 Å². The number of aliphatic hydroxyl groups excluding tert-OH is 1. The lowest BCUT2D eigenvalue weighted by Crippen LogP contribution is -2.47. The van der Waals surface area contributed by atoms with Crippen LogP contribution < -0.4 is 0 Å². The van der Waals surface area contributed by atoms with Crippen LogP contribution in [0.4, 0.5) is 0 Å². The van der Waals surface area contributed by atoms with E-state index < -0.39 is 12.0 Å². The molecule has 6 heteroatoms. The first kappa shape index (κ1) is 17.3. The Hall–Kier alpha value is -1.56. The summed E-state index contributed by atoms with van der Waals surface area (Å²) >= 11 is 6.09. The van der Waals surface area contributed by atoms with Gasteiger partial charge >= 0.3 is 5.97 Å². The summed E-state index contributed by atoms with van der Waals surface area (Å²) in [5.41, 5.74) is 2.29. The molecule has 2 heterocycles. The standard InChI is InChI=1S/C18H23ClN2O3/c1-2-24-18(23)15-11-21(8-6-17(15)22)7-5-12-10-20-16-4-3-13(19)9-14(12)16/h3-4,9-10,15,17,20,22H,2,5-8,11H2,1H3/t15-,17+/m1/s1. The number of ether oxygens (including phenoxy) is 1. The molecule has 2 N–H and O–H groups in total. The molecule has 0 amide bonds. The molecule has 130 valence electrons. The molecule has 3 rings (SSSR count). The molecular weight excluding hydrogens is 328 g/mol. The van der Waals surface area contributed by atoms with E-state index in [9.17, 15) is 9.90 Å². The van der Waals surface area contributed by atoms with E-state index in [-0.39, 0.29) is 5.97 Å². The van der Waals surface area contributed by atoms with Gasteiger partial charge in [-0.3, -0.25) is 4.79 Å². The smallest absolute Gasteiger partial charge is 0.312 e. The number of fused-ring (bicyclic) bond motifs is 1. The lowest BCUT2D eigenvalue weighted by molar-refractivity contribution is -0.155. The van der Waals surface area contributed by atoms with Crippen LogP contribution >= 0.6 is 11.6 Å². The molecule has 0 unspecified atom stereocenters. The van der Waals surface area contributed by atoms with Gasteiger partial charge in [0.2, 0.25) is 0 Å². The van der Waals surface area contributed by atoms with Crippen molar-refractivity contribution in [2.45, 2.75) is 25.9 Å². The van der Waals surface area contributed by atoms with Crippen LogP contribution in [0.15, 0.2) is 24.4 Å². The summed E-state index contributed by atoms with van der Waals surface area (Å²) in [5, 5.41) is 11.9. The average Bonchev–Trinajstić information content (AvgIpc) is 2.96. The van der Waals surface area contributed by atoms with Crippen molar-refractivity contribution in [2.75, 3.05) is 26.2 Å². The van der Waals surface area contributed by atoms with Gasteiger partial charge in [-0.05, 0) is 43.5 Å². The second kappa shape index (κ2) is 7.55. The number of H-pyrrole nitrogens is 1. The van der Waals surface area contributed by atoms with E-state index in [2.05, 4.69) is 9.88 Å². The number of nitrogens with one attached hydrogen (secondary N) is 1. The first-order valence-electron chi connectivity index (χ1n) is 8.41. The largest absolute Gasteiger partial charge is 0.466 e. The number of halogens is 1. The summed E-state index contributed by atoms with van der Waals surface area (Å²) in [6, 6.07) is 5.83. The molecule has 1 saturated heterocycles. The third-order valence-electron chi connectivity index (χ3n) is 4.68. The molecule has 0 saturated carbocycles. The van der Waals surface area contributed by atoms with Crippen molar-refractivity contribution in [3.05, 3.63) is 35.0 Å². The molecule has 0 radical (unpaired) electrons. The number of hydrogen-bond donors (Lipinski definition) is 2. The first-order chi connectivity index (χ1) is 11.6. The number of benzene rings is 1. The molecule has 1 aliphatic rings. The van der Waals surface area contributed by atoms with E-state index in [1.807, 2.05) is 24.4 Å². The van der Waals surface area contributed by atoms with Crippen LogP contribution in [0.1, 0.15) is 18.9 Å². The maximum Gasteiger partial charge on any atom is 0.312 e. The summed E-state index contributed by atoms with van der Waals surface area (Å²) in [6.07, 6.45) is 2.88. The lowest BCUT2D eigenvalue weighted by Gasteiger charge is -2.34. The number of hydrogen-bond acceptors (Lipinski definition) is 4. The minimum Gasteiger partial charge on any atom is -0.466 e. The van der Waals surface area contributed by atoms with Gasteiger partial charge in [-0.1, -0.05) is 11.6 Å². The molecule has 1 fully saturated rings. The van der Waals surface area contributed by atoms with E-state index in [0.717, 1.165) is 35.4 Å². The number of rotatable bonds is 5. The van der Waals surface area contributed by atoms with Crippen molar-refractivity contribution >= 4 is 28.5 Å². The van der Waals surface area contributed by atoms with Crippen molar-refractivity contribution in [2.24, 2.45) is 5.92 Å². The monoisotopic (exact) mass is 350 g/mol. The summed E-state index contributed by atoms with van der Waals surface area (Å²) in [4.78, 5) is 17.5. The second-order valence-corrected chi connectivity index (χ2v) is 6.71. The van der Waals surface area contributed by atoms with Crippen LogP contribution in [-0.2, 0) is 16.0 Å². The Labute approximate surface area is 146 Å². The van der Waals surface area contributed by atoms with Gasteiger partial charge in [0.05, 0.1) is 18.6 Å². The maximum absolute atomic E-state index is 12.0. The van der Waals surface area contributed by atoms with Crippen molar-refractivity contribution < 1.29 is 14.6 Å². The fraction of sp³-hybridized carbons (Fsp3) is 0.500. The number of piperidine rings is 1. The van der Waals surface area contributed by atoms with E-state index in [1.165, 1.54) is 5.56 Å². The Morgan fingerprint density at radius 2 is 2.33 bits per heavy atom. The average molecular weight is 351 g/mol. The second-order valence-electron chi connectivity index (χ2n) is 6.27. The molecule has 2 aromatic rings. The molecule has 0 aliphatic carbocycles. The predicted octanol–water partition coefficient (Wildman–Crippen LogP) is 2.61. The minimum atomic E-state index is -0.604. The van der Waals surface area contributed by atoms with Crippen molar-refractivity contribution in [3.63, 3.8) is 0 Å². The van der Waals surface area contributed by atoms with Gasteiger partial charge in [-0.2, -0.15) is 0 Å². The molecule has 1 aromatic heterocycles.